The van der Waals surface area contributed by atoms with Crippen molar-refractivity contribution in [1.82, 2.24) is 0 Å². The van der Waals surface area contributed by atoms with Gasteiger partial charge in [-0.1, -0.05) is 0 Å². The Labute approximate surface area is 127 Å². The van der Waals surface area contributed by atoms with Crippen molar-refractivity contribution in [2.24, 2.45) is 22.9 Å². The van der Waals surface area contributed by atoms with Crippen LogP contribution in [0.25, 0.3) is 0 Å². The molecular formula is C15H18N6O+2. The van der Waals surface area contributed by atoms with Crippen molar-refractivity contribution in [3.8, 4) is 0 Å². The van der Waals surface area contributed by atoms with Crippen LogP contribution in [0.5, 0.6) is 0 Å². The number of carbonyl (C=O) groups excluding carboxylic acids is 1. The van der Waals surface area contributed by atoms with Gasteiger partial charge in [-0.05, 0) is 48.5 Å². The molecule has 2 aromatic rings. The van der Waals surface area contributed by atoms with Crippen LogP contribution in [0.1, 0.15) is 15.9 Å². The molecule has 7 nitrogen and oxygen atoms in total. The Hall–Kier alpha value is -3.35. The molecular weight excluding hydrogens is 280 g/mol. The summed E-state index contributed by atoms with van der Waals surface area (Å²) >= 11 is 0. The fourth-order valence-electron chi connectivity index (χ4n) is 1.91. The van der Waals surface area contributed by atoms with Gasteiger partial charge in [-0.15, -0.1) is 0 Å². The van der Waals surface area contributed by atoms with E-state index < -0.39 is 0 Å². The highest BCUT2D eigenvalue weighted by Gasteiger charge is 2.09. The summed E-state index contributed by atoms with van der Waals surface area (Å²) < 4.78 is 0. The van der Waals surface area contributed by atoms with Gasteiger partial charge in [-0.3, -0.25) is 27.7 Å². The van der Waals surface area contributed by atoms with Gasteiger partial charge in [-0.25, -0.2) is 9.98 Å². The zero-order chi connectivity index (χ0) is 16.1. The molecule has 0 saturated heterocycles. The van der Waals surface area contributed by atoms with Gasteiger partial charge in [0.05, 0.1) is 11.4 Å². The maximum Gasteiger partial charge on any atom is 0.343 e. The molecule has 22 heavy (non-hydrogen) atoms. The average molecular weight is 298 g/mol. The van der Waals surface area contributed by atoms with Gasteiger partial charge in [0.25, 0.3) is 0 Å². The molecule has 0 saturated carbocycles. The normalized spacial score (nSPS) is 9.82. The third kappa shape index (κ3) is 3.83. The monoisotopic (exact) mass is 298 g/mol. The first-order valence-electron chi connectivity index (χ1n) is 6.50. The number of benzene rings is 2. The summed E-state index contributed by atoms with van der Waals surface area (Å²) in [6, 6.07) is 13.7. The minimum Gasteiger partial charge on any atom is -0.291 e. The molecule has 0 aliphatic rings. The van der Waals surface area contributed by atoms with Crippen molar-refractivity contribution in [2.45, 2.75) is 0 Å². The van der Waals surface area contributed by atoms with Crippen LogP contribution in [0.15, 0.2) is 48.5 Å². The number of hydrogen-bond donors (Lipinski definition) is 6. The second-order valence-corrected chi connectivity index (χ2v) is 4.64. The van der Waals surface area contributed by atoms with Gasteiger partial charge in [0.15, 0.2) is 5.78 Å². The quantitative estimate of drug-likeness (QED) is 0.201. The van der Waals surface area contributed by atoms with E-state index in [1.165, 1.54) is 0 Å². The summed E-state index contributed by atoms with van der Waals surface area (Å²) in [7, 11) is 0. The lowest BCUT2D eigenvalue weighted by Crippen LogP contribution is -2.72. The second-order valence-electron chi connectivity index (χ2n) is 4.64. The third-order valence-corrected chi connectivity index (χ3v) is 2.87. The first-order valence-corrected chi connectivity index (χ1v) is 6.50. The number of nitrogens with two attached hydrogens (primary N) is 4. The number of carbonyl (C=O) groups is 1. The van der Waals surface area contributed by atoms with Crippen LogP contribution in [0.4, 0.5) is 11.4 Å². The van der Waals surface area contributed by atoms with Gasteiger partial charge in [0.2, 0.25) is 0 Å². The molecule has 10 N–H and O–H groups in total. The van der Waals surface area contributed by atoms with Crippen LogP contribution in [-0.4, -0.2) is 17.7 Å². The van der Waals surface area contributed by atoms with E-state index >= 15 is 0 Å². The molecule has 112 valence electrons. The largest absolute Gasteiger partial charge is 0.343 e. The highest BCUT2D eigenvalue weighted by molar-refractivity contribution is 6.09. The third-order valence-electron chi connectivity index (χ3n) is 2.87. The first-order chi connectivity index (χ1) is 10.5. The number of guanidine groups is 2. The van der Waals surface area contributed by atoms with E-state index in [-0.39, 0.29) is 17.7 Å². The van der Waals surface area contributed by atoms with E-state index in [0.29, 0.717) is 22.5 Å². The van der Waals surface area contributed by atoms with Crippen LogP contribution < -0.4 is 32.9 Å². The van der Waals surface area contributed by atoms with E-state index in [9.17, 15) is 4.79 Å². The van der Waals surface area contributed by atoms with E-state index in [2.05, 4.69) is 9.98 Å². The molecule has 0 atom stereocenters. The number of hydrogen-bond acceptors (Lipinski definition) is 1. The topological polar surface area (TPSA) is 149 Å². The van der Waals surface area contributed by atoms with Crippen LogP contribution in [0, 0.1) is 0 Å². The van der Waals surface area contributed by atoms with Crippen LogP contribution >= 0.6 is 0 Å². The van der Waals surface area contributed by atoms with Crippen LogP contribution in [-0.2, 0) is 0 Å². The summed E-state index contributed by atoms with van der Waals surface area (Å²) in [6.07, 6.45) is 0. The van der Waals surface area contributed by atoms with Crippen molar-refractivity contribution in [3.63, 3.8) is 0 Å². The molecule has 7 heteroatoms. The molecule has 2 aromatic carbocycles. The molecule has 0 fully saturated rings. The smallest absolute Gasteiger partial charge is 0.291 e. The molecule has 0 aliphatic carbocycles. The Morgan fingerprint density at radius 3 is 1.23 bits per heavy atom. The lowest BCUT2D eigenvalue weighted by Gasteiger charge is -2.02. The predicted molar refractivity (Wildman–Crippen MR) is 84.3 cm³/mol. The second kappa shape index (κ2) is 6.40. The van der Waals surface area contributed by atoms with E-state index in [4.69, 9.17) is 22.9 Å². The van der Waals surface area contributed by atoms with E-state index in [0.717, 1.165) is 0 Å². The van der Waals surface area contributed by atoms with Crippen molar-refractivity contribution in [1.29, 1.82) is 0 Å². The van der Waals surface area contributed by atoms with Crippen molar-refractivity contribution in [3.05, 3.63) is 59.7 Å². The fraction of sp³-hybridized carbons (Fsp3) is 0. The minimum absolute atomic E-state index is 0.0903. The van der Waals surface area contributed by atoms with Gasteiger partial charge in [0.1, 0.15) is 0 Å². The van der Waals surface area contributed by atoms with Crippen LogP contribution in [0.3, 0.4) is 0 Å². The van der Waals surface area contributed by atoms with E-state index in [1.54, 1.807) is 48.5 Å². The molecule has 0 unspecified atom stereocenters. The van der Waals surface area contributed by atoms with Crippen LogP contribution in [0.2, 0.25) is 0 Å². The molecule has 0 aromatic heterocycles. The molecule has 0 radical (unpaired) electrons. The lowest BCUT2D eigenvalue weighted by molar-refractivity contribution is -0.356. The summed E-state index contributed by atoms with van der Waals surface area (Å²) in [5.74, 6) is 0.101. The molecule has 0 heterocycles. The van der Waals surface area contributed by atoms with Gasteiger partial charge < -0.3 is 0 Å². The number of nitrogens with one attached hydrogen (secondary N) is 2. The Bertz CT molecular complexity index is 660. The highest BCUT2D eigenvalue weighted by Crippen LogP contribution is 2.12. The first kappa shape index (κ1) is 15.0. The Balaban J connectivity index is 2.21. The minimum atomic E-state index is -0.0903. The van der Waals surface area contributed by atoms with E-state index in [1.807, 2.05) is 0 Å². The van der Waals surface area contributed by atoms with Crippen molar-refractivity contribution >= 4 is 29.1 Å². The fourth-order valence-corrected chi connectivity index (χ4v) is 1.91. The summed E-state index contributed by atoms with van der Waals surface area (Å²) in [5.41, 5.74) is 24.0. The standard InChI is InChI=1S/C15H16N6O/c16-14(17)20-11-5-1-9(2-6-11)13(22)10-3-7-12(8-4-10)21-15(18)19/h1-8H,(H4,16,17,20)(H4,18,19,21)/p+2. The summed E-state index contributed by atoms with van der Waals surface area (Å²) in [6.45, 7) is 0. The maximum atomic E-state index is 12.4. The van der Waals surface area contributed by atoms with Crippen molar-refractivity contribution in [2.75, 3.05) is 0 Å². The Kier molecular flexibility index (Phi) is 4.38. The molecule has 0 bridgehead atoms. The number of ketones is 1. The van der Waals surface area contributed by atoms with Gasteiger partial charge in [0, 0.05) is 11.1 Å². The maximum absolute atomic E-state index is 12.4. The molecule has 0 amide bonds. The molecule has 2 rings (SSSR count). The van der Waals surface area contributed by atoms with Gasteiger partial charge in [-0.2, -0.15) is 0 Å². The molecule has 0 spiro atoms. The van der Waals surface area contributed by atoms with Gasteiger partial charge >= 0.3 is 11.9 Å². The average Bonchev–Trinajstić information content (AvgIpc) is 2.47. The summed E-state index contributed by atoms with van der Waals surface area (Å²) in [4.78, 5) is 17.9. The SMILES string of the molecule is NC(N)=[NH+]c1ccc(C(=O)c2ccc([NH+]=C(N)N)cc2)cc1. The lowest BCUT2D eigenvalue weighted by atomic mass is 10.0. The van der Waals surface area contributed by atoms with Crippen molar-refractivity contribution < 1.29 is 14.8 Å². The highest BCUT2D eigenvalue weighted by atomic mass is 16.1. The zero-order valence-electron chi connectivity index (χ0n) is 11.8. The number of rotatable bonds is 4. The zero-order valence-corrected chi connectivity index (χ0v) is 11.8. The Morgan fingerprint density at radius 1 is 0.636 bits per heavy atom. The molecule has 0 aliphatic heterocycles. The summed E-state index contributed by atoms with van der Waals surface area (Å²) in [5, 5.41) is 0. The Morgan fingerprint density at radius 2 is 0.955 bits per heavy atom. The predicted octanol–water partition coefficient (Wildman–Crippen LogP) is -3.11.